The fraction of sp³-hybridized carbons (Fsp3) is 0.227. The van der Waals surface area contributed by atoms with Crippen molar-refractivity contribution in [3.8, 4) is 11.3 Å². The lowest BCUT2D eigenvalue weighted by atomic mass is 10.1. The molecule has 0 spiro atoms. The van der Waals surface area contributed by atoms with Gasteiger partial charge in [-0.15, -0.1) is 0 Å². The smallest absolute Gasteiger partial charge is 0.273 e. The van der Waals surface area contributed by atoms with Gasteiger partial charge in [-0.05, 0) is 13.0 Å². The largest absolute Gasteiger partial charge is 0.353 e. The van der Waals surface area contributed by atoms with Gasteiger partial charge in [0.15, 0.2) is 0 Å². The van der Waals surface area contributed by atoms with Gasteiger partial charge in [-0.2, -0.15) is 0 Å². The summed E-state index contributed by atoms with van der Waals surface area (Å²) in [6.07, 6.45) is 1.56. The van der Waals surface area contributed by atoms with Gasteiger partial charge in [0, 0.05) is 55.0 Å². The highest BCUT2D eigenvalue weighted by Crippen LogP contribution is 2.23. The summed E-state index contributed by atoms with van der Waals surface area (Å²) in [6, 6.07) is 16.5. The Balaban J connectivity index is 1.45. The quantitative estimate of drug-likeness (QED) is 0.490. The number of hydrogen-bond donors (Lipinski definition) is 0. The second kappa shape index (κ2) is 8.28. The molecular formula is C22H21N5O3. The van der Waals surface area contributed by atoms with Crippen molar-refractivity contribution in [2.75, 3.05) is 31.1 Å². The number of hydrogen-bond acceptors (Lipinski definition) is 6. The molecule has 1 aliphatic rings. The van der Waals surface area contributed by atoms with Gasteiger partial charge >= 0.3 is 0 Å². The standard InChI is InChI=1S/C22H21N5O3/c1-16-7-8-18(13-20(16)27(29)30)22(28)26-11-9-25(10-12-26)21-14-19(23-15-24-21)17-5-3-2-4-6-17/h2-8,13-15H,9-12H2,1H3. The molecule has 0 N–H and O–H groups in total. The van der Waals surface area contributed by atoms with Gasteiger partial charge in [-0.1, -0.05) is 36.4 Å². The van der Waals surface area contributed by atoms with Gasteiger partial charge in [0.1, 0.15) is 12.1 Å². The van der Waals surface area contributed by atoms with E-state index in [2.05, 4.69) is 14.9 Å². The van der Waals surface area contributed by atoms with Crippen LogP contribution in [0, 0.1) is 17.0 Å². The first-order valence-electron chi connectivity index (χ1n) is 9.69. The maximum atomic E-state index is 12.8. The van der Waals surface area contributed by atoms with Crippen molar-refractivity contribution in [3.63, 3.8) is 0 Å². The minimum Gasteiger partial charge on any atom is -0.353 e. The molecule has 4 rings (SSSR count). The number of carbonyl (C=O) groups excluding carboxylic acids is 1. The molecule has 0 unspecified atom stereocenters. The Labute approximate surface area is 174 Å². The molecule has 8 nitrogen and oxygen atoms in total. The molecular weight excluding hydrogens is 382 g/mol. The lowest BCUT2D eigenvalue weighted by Crippen LogP contribution is -2.49. The van der Waals surface area contributed by atoms with E-state index >= 15 is 0 Å². The zero-order valence-corrected chi connectivity index (χ0v) is 16.6. The number of carbonyl (C=O) groups is 1. The van der Waals surface area contributed by atoms with E-state index in [1.807, 2.05) is 36.4 Å². The van der Waals surface area contributed by atoms with Crippen molar-refractivity contribution < 1.29 is 9.72 Å². The van der Waals surface area contributed by atoms with Crippen LogP contribution in [-0.2, 0) is 0 Å². The lowest BCUT2D eigenvalue weighted by Gasteiger charge is -2.35. The van der Waals surface area contributed by atoms with E-state index in [4.69, 9.17) is 0 Å². The molecule has 2 aromatic carbocycles. The summed E-state index contributed by atoms with van der Waals surface area (Å²) in [7, 11) is 0. The number of benzene rings is 2. The van der Waals surface area contributed by atoms with Crippen LogP contribution in [-0.4, -0.2) is 51.9 Å². The third-order valence-electron chi connectivity index (χ3n) is 5.27. The summed E-state index contributed by atoms with van der Waals surface area (Å²) in [5.41, 5.74) is 2.73. The number of amides is 1. The Morgan fingerprint density at radius 2 is 1.73 bits per heavy atom. The molecule has 0 saturated carbocycles. The molecule has 3 aromatic rings. The summed E-state index contributed by atoms with van der Waals surface area (Å²) in [5, 5.41) is 11.2. The SMILES string of the molecule is Cc1ccc(C(=O)N2CCN(c3cc(-c4ccccc4)ncn3)CC2)cc1[N+](=O)[O-]. The van der Waals surface area contributed by atoms with E-state index < -0.39 is 4.92 Å². The average molecular weight is 403 g/mol. The molecule has 152 valence electrons. The van der Waals surface area contributed by atoms with Crippen molar-refractivity contribution >= 4 is 17.4 Å². The van der Waals surface area contributed by atoms with Crippen molar-refractivity contribution in [2.24, 2.45) is 0 Å². The zero-order chi connectivity index (χ0) is 21.1. The maximum absolute atomic E-state index is 12.8. The zero-order valence-electron chi connectivity index (χ0n) is 16.6. The molecule has 0 radical (unpaired) electrons. The predicted octanol–water partition coefficient (Wildman–Crippen LogP) is 3.32. The number of piperazine rings is 1. The van der Waals surface area contributed by atoms with Crippen LogP contribution in [0.5, 0.6) is 0 Å². The predicted molar refractivity (Wildman–Crippen MR) is 113 cm³/mol. The van der Waals surface area contributed by atoms with Crippen LogP contribution in [0.25, 0.3) is 11.3 Å². The van der Waals surface area contributed by atoms with Crippen LogP contribution in [0.4, 0.5) is 11.5 Å². The van der Waals surface area contributed by atoms with E-state index in [1.54, 1.807) is 30.3 Å². The Bertz CT molecular complexity index is 1080. The molecule has 1 fully saturated rings. The van der Waals surface area contributed by atoms with Gasteiger partial charge in [0.2, 0.25) is 0 Å². The fourth-order valence-electron chi connectivity index (χ4n) is 3.55. The van der Waals surface area contributed by atoms with Crippen molar-refractivity contribution in [1.82, 2.24) is 14.9 Å². The number of rotatable bonds is 4. The second-order valence-electron chi connectivity index (χ2n) is 7.17. The first kappa shape index (κ1) is 19.5. The molecule has 2 heterocycles. The van der Waals surface area contributed by atoms with Gasteiger partial charge < -0.3 is 9.80 Å². The van der Waals surface area contributed by atoms with Crippen molar-refractivity contribution in [1.29, 1.82) is 0 Å². The van der Waals surface area contributed by atoms with Gasteiger partial charge in [0.25, 0.3) is 11.6 Å². The van der Waals surface area contributed by atoms with Crippen molar-refractivity contribution in [2.45, 2.75) is 6.92 Å². The van der Waals surface area contributed by atoms with Crippen LogP contribution < -0.4 is 4.90 Å². The van der Waals surface area contributed by atoms with Crippen LogP contribution in [0.1, 0.15) is 15.9 Å². The van der Waals surface area contributed by atoms with E-state index in [-0.39, 0.29) is 11.6 Å². The van der Waals surface area contributed by atoms with Crippen LogP contribution in [0.3, 0.4) is 0 Å². The highest BCUT2D eigenvalue weighted by Gasteiger charge is 2.24. The molecule has 0 atom stereocenters. The third-order valence-corrected chi connectivity index (χ3v) is 5.27. The summed E-state index contributed by atoms with van der Waals surface area (Å²) in [6.45, 7) is 3.96. The van der Waals surface area contributed by atoms with Crippen LogP contribution >= 0.6 is 0 Å². The van der Waals surface area contributed by atoms with Crippen molar-refractivity contribution in [3.05, 3.63) is 82.2 Å². The average Bonchev–Trinajstić information content (AvgIpc) is 2.79. The van der Waals surface area contributed by atoms with E-state index in [1.165, 1.54) is 6.07 Å². The fourth-order valence-corrected chi connectivity index (χ4v) is 3.55. The number of nitrogens with zero attached hydrogens (tertiary/aromatic N) is 5. The number of aromatic nitrogens is 2. The molecule has 0 aliphatic carbocycles. The summed E-state index contributed by atoms with van der Waals surface area (Å²) in [4.78, 5) is 36.1. The third kappa shape index (κ3) is 3.98. The maximum Gasteiger partial charge on any atom is 0.273 e. The van der Waals surface area contributed by atoms with Crippen LogP contribution in [0.2, 0.25) is 0 Å². The minimum atomic E-state index is -0.455. The Kier molecular flexibility index (Phi) is 5.38. The molecule has 1 aromatic heterocycles. The van der Waals surface area contributed by atoms with E-state index in [9.17, 15) is 14.9 Å². The number of aryl methyl sites for hydroxylation is 1. The Hall–Kier alpha value is -3.81. The van der Waals surface area contributed by atoms with Gasteiger partial charge in [-0.25, -0.2) is 9.97 Å². The molecule has 1 aliphatic heterocycles. The molecule has 30 heavy (non-hydrogen) atoms. The second-order valence-corrected chi connectivity index (χ2v) is 7.17. The molecule has 1 amide bonds. The lowest BCUT2D eigenvalue weighted by molar-refractivity contribution is -0.385. The molecule has 8 heteroatoms. The van der Waals surface area contributed by atoms with E-state index in [0.29, 0.717) is 37.3 Å². The highest BCUT2D eigenvalue weighted by molar-refractivity contribution is 5.95. The topological polar surface area (TPSA) is 92.5 Å². The number of anilines is 1. The first-order chi connectivity index (χ1) is 14.5. The minimum absolute atomic E-state index is 0.0334. The first-order valence-corrected chi connectivity index (χ1v) is 9.69. The monoisotopic (exact) mass is 403 g/mol. The summed E-state index contributed by atoms with van der Waals surface area (Å²) >= 11 is 0. The van der Waals surface area contributed by atoms with Gasteiger partial charge in [-0.3, -0.25) is 14.9 Å². The Morgan fingerprint density at radius 3 is 2.43 bits per heavy atom. The molecule has 1 saturated heterocycles. The summed E-state index contributed by atoms with van der Waals surface area (Å²) < 4.78 is 0. The normalized spacial score (nSPS) is 13.9. The van der Waals surface area contributed by atoms with Crippen LogP contribution in [0.15, 0.2) is 60.9 Å². The molecule has 0 bridgehead atoms. The Morgan fingerprint density at radius 1 is 1.00 bits per heavy atom. The number of nitro groups is 1. The number of nitro benzene ring substituents is 1. The highest BCUT2D eigenvalue weighted by atomic mass is 16.6. The van der Waals surface area contributed by atoms with E-state index in [0.717, 1.165) is 17.1 Å². The summed E-state index contributed by atoms with van der Waals surface area (Å²) in [5.74, 6) is 0.632. The van der Waals surface area contributed by atoms with Gasteiger partial charge in [0.05, 0.1) is 10.6 Å².